The van der Waals surface area contributed by atoms with Gasteiger partial charge in [0, 0.05) is 42.6 Å². The second-order valence-corrected chi connectivity index (χ2v) is 6.33. The minimum atomic E-state index is 0.652. The summed E-state index contributed by atoms with van der Waals surface area (Å²) in [5, 5.41) is 1.29. The Morgan fingerprint density at radius 2 is 1.91 bits per heavy atom. The van der Waals surface area contributed by atoms with E-state index in [0.717, 1.165) is 18.6 Å². The number of likely N-dealkylation sites (tertiary alicyclic amines) is 1. The van der Waals surface area contributed by atoms with Crippen LogP contribution >= 0.6 is 0 Å². The number of hydrogen-bond donors (Lipinski definition) is 1. The van der Waals surface area contributed by atoms with E-state index in [1.54, 1.807) is 0 Å². The Balaban J connectivity index is 1.36. The van der Waals surface area contributed by atoms with Crippen LogP contribution in [0.4, 0.5) is 0 Å². The first-order valence-corrected chi connectivity index (χ1v) is 8.44. The molecule has 1 fully saturated rings. The van der Waals surface area contributed by atoms with Crippen LogP contribution < -0.4 is 0 Å². The van der Waals surface area contributed by atoms with Gasteiger partial charge in [0.1, 0.15) is 5.65 Å². The van der Waals surface area contributed by atoms with Crippen LogP contribution in [0.2, 0.25) is 0 Å². The second-order valence-electron chi connectivity index (χ2n) is 6.33. The van der Waals surface area contributed by atoms with Crippen molar-refractivity contribution in [3.8, 4) is 0 Å². The molecule has 0 bridgehead atoms. The minimum absolute atomic E-state index is 0.652. The molecule has 0 atom stereocenters. The number of nitrogens with one attached hydrogen (secondary N) is 1. The fourth-order valence-corrected chi connectivity index (χ4v) is 3.60. The fraction of sp³-hybridized carbons (Fsp3) is 0.368. The lowest BCUT2D eigenvalue weighted by molar-refractivity contribution is 0.214. The highest BCUT2D eigenvalue weighted by Crippen LogP contribution is 2.32. The van der Waals surface area contributed by atoms with Crippen LogP contribution in [0, 0.1) is 0 Å². The topological polar surface area (TPSA) is 44.8 Å². The van der Waals surface area contributed by atoms with Gasteiger partial charge in [-0.05, 0) is 61.7 Å². The van der Waals surface area contributed by atoms with Gasteiger partial charge in [0.2, 0.25) is 0 Å². The largest absolute Gasteiger partial charge is 0.346 e. The Bertz CT molecular complexity index is 757. The molecule has 0 aliphatic carbocycles. The molecule has 1 aliphatic rings. The number of piperidine rings is 1. The lowest BCUT2D eigenvalue weighted by Crippen LogP contribution is -2.34. The van der Waals surface area contributed by atoms with E-state index < -0.39 is 0 Å². The average molecular weight is 306 g/mol. The molecule has 1 saturated heterocycles. The SMILES string of the molecule is c1ccc(CCN2CCC(c3c[nH]c4ncccc34)CC2)nc1. The summed E-state index contributed by atoms with van der Waals surface area (Å²) in [5.74, 6) is 0.652. The maximum Gasteiger partial charge on any atom is 0.137 e. The van der Waals surface area contributed by atoms with E-state index in [9.17, 15) is 0 Å². The van der Waals surface area contributed by atoms with E-state index >= 15 is 0 Å². The molecule has 23 heavy (non-hydrogen) atoms. The smallest absolute Gasteiger partial charge is 0.137 e. The average Bonchev–Trinajstić information content (AvgIpc) is 3.05. The molecule has 4 heteroatoms. The standard InChI is InChI=1S/C19H22N4/c1-2-9-20-16(4-1)8-13-23-11-6-15(7-12-23)18-14-22-19-17(18)5-3-10-21-19/h1-5,9-10,14-15H,6-8,11-13H2,(H,21,22). The van der Waals surface area contributed by atoms with Gasteiger partial charge in [0.25, 0.3) is 0 Å². The molecule has 0 radical (unpaired) electrons. The summed E-state index contributed by atoms with van der Waals surface area (Å²) in [6.45, 7) is 3.45. The van der Waals surface area contributed by atoms with Gasteiger partial charge in [0.15, 0.2) is 0 Å². The number of aromatic amines is 1. The van der Waals surface area contributed by atoms with Crippen molar-refractivity contribution in [2.24, 2.45) is 0 Å². The maximum absolute atomic E-state index is 4.42. The third kappa shape index (κ3) is 3.13. The molecule has 1 N–H and O–H groups in total. The molecule has 0 amide bonds. The Hall–Kier alpha value is -2.20. The zero-order chi connectivity index (χ0) is 15.5. The molecule has 0 saturated carbocycles. The van der Waals surface area contributed by atoms with Crippen molar-refractivity contribution in [1.29, 1.82) is 0 Å². The monoisotopic (exact) mass is 306 g/mol. The maximum atomic E-state index is 4.42. The summed E-state index contributed by atoms with van der Waals surface area (Å²) in [4.78, 5) is 14.7. The zero-order valence-electron chi connectivity index (χ0n) is 13.3. The van der Waals surface area contributed by atoms with Crippen molar-refractivity contribution in [3.05, 3.63) is 60.2 Å². The molecule has 4 nitrogen and oxygen atoms in total. The third-order valence-corrected chi connectivity index (χ3v) is 4.92. The van der Waals surface area contributed by atoms with Crippen molar-refractivity contribution in [2.75, 3.05) is 19.6 Å². The summed E-state index contributed by atoms with van der Waals surface area (Å²) in [5.41, 5.74) is 3.65. The van der Waals surface area contributed by atoms with Gasteiger partial charge in [-0.3, -0.25) is 4.98 Å². The van der Waals surface area contributed by atoms with Crippen molar-refractivity contribution in [2.45, 2.75) is 25.2 Å². The number of pyridine rings is 2. The Labute approximate surface area is 136 Å². The highest BCUT2D eigenvalue weighted by atomic mass is 15.1. The van der Waals surface area contributed by atoms with Gasteiger partial charge in [-0.15, -0.1) is 0 Å². The van der Waals surface area contributed by atoms with Gasteiger partial charge in [-0.1, -0.05) is 6.07 Å². The number of H-pyrrole nitrogens is 1. The predicted molar refractivity (Wildman–Crippen MR) is 92.4 cm³/mol. The van der Waals surface area contributed by atoms with Crippen LogP contribution in [0.5, 0.6) is 0 Å². The molecule has 0 spiro atoms. The zero-order valence-corrected chi connectivity index (χ0v) is 13.3. The normalized spacial score (nSPS) is 16.9. The van der Waals surface area contributed by atoms with Gasteiger partial charge in [-0.25, -0.2) is 4.98 Å². The van der Waals surface area contributed by atoms with Crippen molar-refractivity contribution < 1.29 is 0 Å². The second kappa shape index (κ2) is 6.50. The molecular formula is C19H22N4. The molecule has 4 heterocycles. The summed E-state index contributed by atoms with van der Waals surface area (Å²) in [7, 11) is 0. The van der Waals surface area contributed by atoms with E-state index in [2.05, 4.69) is 44.2 Å². The first-order valence-electron chi connectivity index (χ1n) is 8.44. The van der Waals surface area contributed by atoms with Crippen LogP contribution in [0.1, 0.15) is 30.0 Å². The first kappa shape index (κ1) is 14.4. The first-order chi connectivity index (χ1) is 11.4. The van der Waals surface area contributed by atoms with E-state index in [1.807, 2.05) is 24.5 Å². The number of nitrogens with zero attached hydrogens (tertiary/aromatic N) is 3. The highest BCUT2D eigenvalue weighted by Gasteiger charge is 2.22. The lowest BCUT2D eigenvalue weighted by atomic mass is 9.89. The van der Waals surface area contributed by atoms with Crippen molar-refractivity contribution in [3.63, 3.8) is 0 Å². The molecule has 0 unspecified atom stereocenters. The van der Waals surface area contributed by atoms with Crippen molar-refractivity contribution in [1.82, 2.24) is 19.9 Å². The van der Waals surface area contributed by atoms with Crippen LogP contribution in [-0.4, -0.2) is 39.5 Å². The molecule has 118 valence electrons. The van der Waals surface area contributed by atoms with Crippen LogP contribution in [0.3, 0.4) is 0 Å². The summed E-state index contributed by atoms with van der Waals surface area (Å²) in [6.07, 6.45) is 9.39. The lowest BCUT2D eigenvalue weighted by Gasteiger charge is -2.31. The molecule has 4 rings (SSSR count). The van der Waals surface area contributed by atoms with Gasteiger partial charge in [0.05, 0.1) is 0 Å². The minimum Gasteiger partial charge on any atom is -0.346 e. The summed E-state index contributed by atoms with van der Waals surface area (Å²) < 4.78 is 0. The Morgan fingerprint density at radius 1 is 1.04 bits per heavy atom. The molecule has 3 aromatic heterocycles. The molecule has 3 aromatic rings. The van der Waals surface area contributed by atoms with E-state index in [0.29, 0.717) is 5.92 Å². The van der Waals surface area contributed by atoms with Gasteiger partial charge in [-0.2, -0.15) is 0 Å². The number of aromatic nitrogens is 3. The van der Waals surface area contributed by atoms with Crippen LogP contribution in [0.25, 0.3) is 11.0 Å². The number of hydrogen-bond acceptors (Lipinski definition) is 3. The predicted octanol–water partition coefficient (Wildman–Crippen LogP) is 3.38. The van der Waals surface area contributed by atoms with E-state index in [4.69, 9.17) is 0 Å². The third-order valence-electron chi connectivity index (χ3n) is 4.92. The molecule has 0 aromatic carbocycles. The van der Waals surface area contributed by atoms with E-state index in [1.165, 1.54) is 42.6 Å². The Kier molecular flexibility index (Phi) is 4.07. The number of fused-ring (bicyclic) bond motifs is 1. The highest BCUT2D eigenvalue weighted by molar-refractivity contribution is 5.80. The fourth-order valence-electron chi connectivity index (χ4n) is 3.60. The number of rotatable bonds is 4. The van der Waals surface area contributed by atoms with Crippen molar-refractivity contribution >= 4 is 11.0 Å². The molecular weight excluding hydrogens is 284 g/mol. The van der Waals surface area contributed by atoms with Gasteiger partial charge < -0.3 is 9.88 Å². The van der Waals surface area contributed by atoms with Crippen LogP contribution in [0.15, 0.2) is 48.9 Å². The molecule has 1 aliphatic heterocycles. The van der Waals surface area contributed by atoms with Crippen LogP contribution in [-0.2, 0) is 6.42 Å². The summed E-state index contributed by atoms with van der Waals surface area (Å²) in [6, 6.07) is 10.4. The van der Waals surface area contributed by atoms with E-state index in [-0.39, 0.29) is 0 Å². The van der Waals surface area contributed by atoms with Gasteiger partial charge >= 0.3 is 0 Å². The summed E-state index contributed by atoms with van der Waals surface area (Å²) >= 11 is 0. The quantitative estimate of drug-likeness (QED) is 0.803. The Morgan fingerprint density at radius 3 is 2.74 bits per heavy atom.